The van der Waals surface area contributed by atoms with E-state index in [1.165, 1.54) is 111 Å². The van der Waals surface area contributed by atoms with Crippen LogP contribution in [0, 0.1) is 0 Å². The molecule has 1 aromatic heterocycles. The lowest BCUT2D eigenvalue weighted by Gasteiger charge is -2.36. The van der Waals surface area contributed by atoms with E-state index in [0.29, 0.717) is 5.92 Å². The zero-order chi connectivity index (χ0) is 40.0. The van der Waals surface area contributed by atoms with Crippen molar-refractivity contribution in [1.82, 2.24) is 0 Å². The van der Waals surface area contributed by atoms with Crippen molar-refractivity contribution in [3.8, 4) is 0 Å². The van der Waals surface area contributed by atoms with Crippen LogP contribution in [0.3, 0.4) is 0 Å². The van der Waals surface area contributed by atoms with E-state index in [1.54, 1.807) is 0 Å². The highest BCUT2D eigenvalue weighted by molar-refractivity contribution is 7.26. The number of rotatable bonds is 14. The summed E-state index contributed by atoms with van der Waals surface area (Å²) in [5, 5.41) is 2.65. The van der Waals surface area contributed by atoms with Crippen molar-refractivity contribution in [3.05, 3.63) is 193 Å². The van der Waals surface area contributed by atoms with Crippen LogP contribution in [0.15, 0.2) is 176 Å². The largest absolute Gasteiger partial charge is 0.311 e. The molecule has 1 unspecified atom stereocenters. The van der Waals surface area contributed by atoms with Crippen LogP contribution in [0.4, 0.5) is 34.1 Å². The Labute approximate surface area is 355 Å². The molecule has 1 fully saturated rings. The molecule has 7 aromatic carbocycles. The van der Waals surface area contributed by atoms with Crippen molar-refractivity contribution < 1.29 is 0 Å². The van der Waals surface area contributed by atoms with Crippen LogP contribution in [0.5, 0.6) is 0 Å². The predicted octanol–water partition coefficient (Wildman–Crippen LogP) is 17.3. The van der Waals surface area contributed by atoms with Gasteiger partial charge >= 0.3 is 0 Å². The average molecular weight is 789 g/mol. The maximum atomic E-state index is 2.51. The van der Waals surface area contributed by atoms with Crippen LogP contribution in [0.1, 0.15) is 101 Å². The lowest BCUT2D eigenvalue weighted by atomic mass is 9.69. The SMILES string of the molecule is CCCCCC(CC)(c1ccc(N(c2ccccc2)c2ccccc2)cc1)c1ccc(N(c2ccc(C3CCCCC3)cc2)c2cccc3sc4ccccc4c23)cc1. The van der Waals surface area contributed by atoms with Crippen molar-refractivity contribution in [2.24, 2.45) is 0 Å². The van der Waals surface area contributed by atoms with E-state index in [2.05, 4.69) is 200 Å². The van der Waals surface area contributed by atoms with E-state index in [9.17, 15) is 0 Å². The minimum Gasteiger partial charge on any atom is -0.311 e. The van der Waals surface area contributed by atoms with Crippen molar-refractivity contribution >= 4 is 65.6 Å². The van der Waals surface area contributed by atoms with Gasteiger partial charge in [0, 0.05) is 54.0 Å². The topological polar surface area (TPSA) is 6.48 Å². The van der Waals surface area contributed by atoms with E-state index in [0.717, 1.165) is 24.2 Å². The maximum Gasteiger partial charge on any atom is 0.0554 e. The Morgan fingerprint density at radius 3 is 1.61 bits per heavy atom. The van der Waals surface area contributed by atoms with Gasteiger partial charge in [0.15, 0.2) is 0 Å². The molecular weight excluding hydrogens is 733 g/mol. The Kier molecular flexibility index (Phi) is 11.7. The van der Waals surface area contributed by atoms with Crippen LogP contribution in [-0.2, 0) is 5.41 Å². The zero-order valence-electron chi connectivity index (χ0n) is 34.7. The fourth-order valence-electron chi connectivity index (χ4n) is 9.88. The summed E-state index contributed by atoms with van der Waals surface area (Å²) >= 11 is 1.89. The molecule has 3 heteroatoms. The Morgan fingerprint density at radius 1 is 0.492 bits per heavy atom. The molecule has 9 rings (SSSR count). The van der Waals surface area contributed by atoms with Gasteiger partial charge in [-0.2, -0.15) is 0 Å². The van der Waals surface area contributed by atoms with E-state index >= 15 is 0 Å². The van der Waals surface area contributed by atoms with Crippen LogP contribution >= 0.6 is 11.3 Å². The third-order valence-corrected chi connectivity index (χ3v) is 14.2. The Balaban J connectivity index is 1.12. The van der Waals surface area contributed by atoms with Gasteiger partial charge in [0.05, 0.1) is 5.69 Å². The summed E-state index contributed by atoms with van der Waals surface area (Å²) in [7, 11) is 0. The van der Waals surface area contributed by atoms with Crippen molar-refractivity contribution in [2.45, 2.75) is 89.4 Å². The van der Waals surface area contributed by atoms with Gasteiger partial charge in [0.2, 0.25) is 0 Å². The average Bonchev–Trinajstić information content (AvgIpc) is 3.70. The lowest BCUT2D eigenvalue weighted by Crippen LogP contribution is -2.27. The number of benzene rings is 7. The highest BCUT2D eigenvalue weighted by atomic mass is 32.1. The molecule has 1 heterocycles. The monoisotopic (exact) mass is 788 g/mol. The second kappa shape index (κ2) is 17.7. The van der Waals surface area contributed by atoms with Gasteiger partial charge in [0.25, 0.3) is 0 Å². The van der Waals surface area contributed by atoms with Gasteiger partial charge < -0.3 is 9.80 Å². The van der Waals surface area contributed by atoms with E-state index < -0.39 is 0 Å². The summed E-state index contributed by atoms with van der Waals surface area (Å²) < 4.78 is 2.66. The predicted molar refractivity (Wildman–Crippen MR) is 256 cm³/mol. The summed E-state index contributed by atoms with van der Waals surface area (Å²) in [4.78, 5) is 4.87. The van der Waals surface area contributed by atoms with Gasteiger partial charge in [-0.1, -0.05) is 149 Å². The van der Waals surface area contributed by atoms with Gasteiger partial charge in [-0.3, -0.25) is 0 Å². The molecule has 296 valence electrons. The molecule has 1 atom stereocenters. The molecule has 0 aliphatic heterocycles. The number of para-hydroxylation sites is 2. The van der Waals surface area contributed by atoms with Crippen LogP contribution in [0.25, 0.3) is 20.2 Å². The standard InChI is InChI=1S/C56H56N2S/c1-3-5-17-41-56(4-2,44-31-37-48(38-32-44)57(46-21-11-7-12-22-46)47-23-13-8-14-24-47)45-33-39-50(40-34-45)58(49-35-29-43(30-36-49)42-19-9-6-10-20-42)52-26-18-28-54-55(52)51-25-15-16-27-53(51)59-54/h7-8,11-16,18,21-40,42H,3-6,9-10,17,19-20,41H2,1-2H3. The Bertz CT molecular complexity index is 2530. The molecule has 0 bridgehead atoms. The molecule has 0 N–H and O–H groups in total. The Hall–Kier alpha value is -5.64. The quantitative estimate of drug-likeness (QED) is 0.101. The first kappa shape index (κ1) is 38.9. The number of thiophene rings is 1. The molecular formula is C56H56N2S. The van der Waals surface area contributed by atoms with Gasteiger partial charge in [-0.05, 0) is 127 Å². The third-order valence-electron chi connectivity index (χ3n) is 13.0. The molecule has 0 saturated heterocycles. The second-order valence-corrected chi connectivity index (χ2v) is 17.6. The first-order valence-corrected chi connectivity index (χ1v) is 22.9. The maximum absolute atomic E-state index is 2.51. The van der Waals surface area contributed by atoms with Gasteiger partial charge in [0.1, 0.15) is 0 Å². The summed E-state index contributed by atoms with van der Waals surface area (Å²) in [6, 6.07) is 65.9. The first-order valence-electron chi connectivity index (χ1n) is 22.1. The van der Waals surface area contributed by atoms with E-state index in [-0.39, 0.29) is 5.41 Å². The number of hydrogen-bond donors (Lipinski definition) is 0. The van der Waals surface area contributed by atoms with Crippen molar-refractivity contribution in [1.29, 1.82) is 0 Å². The van der Waals surface area contributed by atoms with Crippen LogP contribution in [-0.4, -0.2) is 0 Å². The first-order chi connectivity index (χ1) is 29.2. The van der Waals surface area contributed by atoms with Crippen LogP contribution < -0.4 is 9.80 Å². The molecule has 0 spiro atoms. The molecule has 8 aromatic rings. The molecule has 1 saturated carbocycles. The zero-order valence-corrected chi connectivity index (χ0v) is 35.5. The van der Waals surface area contributed by atoms with Gasteiger partial charge in [-0.25, -0.2) is 0 Å². The molecule has 59 heavy (non-hydrogen) atoms. The molecule has 0 amide bonds. The minimum atomic E-state index is -0.105. The van der Waals surface area contributed by atoms with E-state index in [4.69, 9.17) is 0 Å². The summed E-state index contributed by atoms with van der Waals surface area (Å²) in [5.74, 6) is 0.679. The fraction of sp³-hybridized carbons (Fsp3) is 0.250. The normalized spacial score (nSPS) is 14.3. The van der Waals surface area contributed by atoms with Crippen LogP contribution in [0.2, 0.25) is 0 Å². The number of fused-ring (bicyclic) bond motifs is 3. The molecule has 1 aliphatic carbocycles. The van der Waals surface area contributed by atoms with Crippen molar-refractivity contribution in [3.63, 3.8) is 0 Å². The van der Waals surface area contributed by atoms with E-state index in [1.807, 2.05) is 11.3 Å². The highest BCUT2D eigenvalue weighted by Crippen LogP contribution is 2.47. The fourth-order valence-corrected chi connectivity index (χ4v) is 11.0. The number of unbranched alkanes of at least 4 members (excludes halogenated alkanes) is 2. The summed E-state index contributed by atoms with van der Waals surface area (Å²) in [6.45, 7) is 4.70. The third kappa shape index (κ3) is 7.81. The number of anilines is 6. The Morgan fingerprint density at radius 2 is 1.02 bits per heavy atom. The van der Waals surface area contributed by atoms with Crippen molar-refractivity contribution in [2.75, 3.05) is 9.80 Å². The molecule has 2 nitrogen and oxygen atoms in total. The summed E-state index contributed by atoms with van der Waals surface area (Å²) in [5.41, 5.74) is 11.3. The second-order valence-electron chi connectivity index (χ2n) is 16.5. The highest BCUT2D eigenvalue weighted by Gasteiger charge is 2.33. The minimum absolute atomic E-state index is 0.105. The summed E-state index contributed by atoms with van der Waals surface area (Å²) in [6.07, 6.45) is 12.5. The van der Waals surface area contributed by atoms with Gasteiger partial charge in [-0.15, -0.1) is 11.3 Å². The number of hydrogen-bond acceptors (Lipinski definition) is 3. The lowest BCUT2D eigenvalue weighted by molar-refractivity contribution is 0.431. The smallest absolute Gasteiger partial charge is 0.0554 e. The molecule has 0 radical (unpaired) electrons. The molecule has 1 aliphatic rings. The number of nitrogens with zero attached hydrogens (tertiary/aromatic N) is 2.